The maximum absolute atomic E-state index is 12.7. The monoisotopic (exact) mass is 473 g/mol. The highest BCUT2D eigenvalue weighted by atomic mass is 79.9. The predicted molar refractivity (Wildman–Crippen MR) is 126 cm³/mol. The molecule has 0 saturated carbocycles. The number of nitrogens with zero attached hydrogens (tertiary/aromatic N) is 2. The van der Waals surface area contributed by atoms with Crippen molar-refractivity contribution < 1.29 is 9.53 Å². The quantitative estimate of drug-likeness (QED) is 0.281. The first kappa shape index (κ1) is 20.6. The van der Waals surface area contributed by atoms with Gasteiger partial charge in [-0.25, -0.2) is 5.43 Å². The third-order valence-electron chi connectivity index (χ3n) is 4.61. The lowest BCUT2D eigenvalue weighted by molar-refractivity contribution is 0.0955. The van der Waals surface area contributed by atoms with E-state index in [0.29, 0.717) is 17.9 Å². The van der Waals surface area contributed by atoms with Gasteiger partial charge >= 0.3 is 0 Å². The van der Waals surface area contributed by atoms with E-state index in [1.165, 1.54) is 0 Å². The second-order valence-corrected chi connectivity index (χ2v) is 7.68. The molecule has 0 atom stereocenters. The highest BCUT2D eigenvalue weighted by Crippen LogP contribution is 2.23. The number of nitrogens with one attached hydrogen (secondary N) is 1. The van der Waals surface area contributed by atoms with Gasteiger partial charge in [-0.2, -0.15) is 5.10 Å². The van der Waals surface area contributed by atoms with Crippen LogP contribution < -0.4 is 10.2 Å². The Bertz CT molecular complexity index is 1190. The number of hydrazone groups is 1. The Kier molecular flexibility index (Phi) is 6.59. The van der Waals surface area contributed by atoms with Gasteiger partial charge < -0.3 is 9.30 Å². The summed E-state index contributed by atoms with van der Waals surface area (Å²) < 4.78 is 8.75. The summed E-state index contributed by atoms with van der Waals surface area (Å²) >= 11 is 3.47. The molecule has 6 heteroatoms. The molecule has 1 amide bonds. The Labute approximate surface area is 189 Å². The number of aromatic nitrogens is 1. The Morgan fingerprint density at radius 2 is 1.71 bits per heavy atom. The number of carbonyl (C=O) groups excluding carboxylic acids is 1. The average molecular weight is 474 g/mol. The molecule has 1 heterocycles. The van der Waals surface area contributed by atoms with Crippen molar-refractivity contribution in [1.29, 1.82) is 0 Å². The molecular formula is C25H20BrN3O2. The lowest BCUT2D eigenvalue weighted by Gasteiger charge is -2.10. The molecule has 31 heavy (non-hydrogen) atoms. The topological polar surface area (TPSA) is 55.6 Å². The van der Waals surface area contributed by atoms with Gasteiger partial charge in [0.1, 0.15) is 12.4 Å². The first-order chi connectivity index (χ1) is 15.2. The van der Waals surface area contributed by atoms with Crippen LogP contribution in [0.15, 0.2) is 107 Å². The molecule has 0 aliphatic heterocycles. The molecule has 154 valence electrons. The number of carbonyl (C=O) groups is 1. The maximum atomic E-state index is 12.7. The molecule has 3 aromatic carbocycles. The van der Waals surface area contributed by atoms with Crippen LogP contribution in [0.1, 0.15) is 21.5 Å². The lowest BCUT2D eigenvalue weighted by Crippen LogP contribution is -2.19. The van der Waals surface area contributed by atoms with Crippen molar-refractivity contribution >= 4 is 28.1 Å². The van der Waals surface area contributed by atoms with E-state index in [1.807, 2.05) is 95.8 Å². The summed E-state index contributed by atoms with van der Waals surface area (Å²) in [5.74, 6) is 0.389. The number of para-hydroxylation sites is 1. The van der Waals surface area contributed by atoms with Gasteiger partial charge in [0, 0.05) is 22.4 Å². The van der Waals surface area contributed by atoms with Crippen LogP contribution in [-0.2, 0) is 6.61 Å². The third-order valence-corrected chi connectivity index (χ3v) is 5.10. The summed E-state index contributed by atoms with van der Waals surface area (Å²) in [6, 6.07) is 26.8. The zero-order chi connectivity index (χ0) is 21.5. The summed E-state index contributed by atoms with van der Waals surface area (Å²) in [4.78, 5) is 12.7. The van der Waals surface area contributed by atoms with Crippen LogP contribution in [0, 0.1) is 0 Å². The second kappa shape index (κ2) is 9.91. The highest BCUT2D eigenvalue weighted by molar-refractivity contribution is 9.10. The number of ether oxygens (including phenoxy) is 1. The van der Waals surface area contributed by atoms with E-state index in [0.717, 1.165) is 21.3 Å². The van der Waals surface area contributed by atoms with Crippen molar-refractivity contribution in [3.8, 4) is 11.4 Å². The van der Waals surface area contributed by atoms with Gasteiger partial charge in [0.25, 0.3) is 5.91 Å². The lowest BCUT2D eigenvalue weighted by atomic mass is 10.1. The Morgan fingerprint density at radius 3 is 2.52 bits per heavy atom. The van der Waals surface area contributed by atoms with E-state index in [1.54, 1.807) is 12.3 Å². The summed E-state index contributed by atoms with van der Waals surface area (Å²) in [6.07, 6.45) is 5.38. The minimum Gasteiger partial charge on any atom is -0.488 e. The Balaban J connectivity index is 1.48. The molecule has 1 N–H and O–H groups in total. The van der Waals surface area contributed by atoms with Gasteiger partial charge in [-0.15, -0.1) is 0 Å². The zero-order valence-corrected chi connectivity index (χ0v) is 18.2. The van der Waals surface area contributed by atoms with Crippen LogP contribution in [0.2, 0.25) is 0 Å². The first-order valence-corrected chi connectivity index (χ1v) is 10.5. The summed E-state index contributed by atoms with van der Waals surface area (Å²) in [5, 5.41) is 4.16. The van der Waals surface area contributed by atoms with Gasteiger partial charge in [0.15, 0.2) is 0 Å². The first-order valence-electron chi connectivity index (χ1n) is 9.73. The number of rotatable bonds is 7. The van der Waals surface area contributed by atoms with Crippen LogP contribution >= 0.6 is 15.9 Å². The van der Waals surface area contributed by atoms with Crippen molar-refractivity contribution in [2.75, 3.05) is 0 Å². The van der Waals surface area contributed by atoms with Gasteiger partial charge in [-0.05, 0) is 48.0 Å². The molecule has 0 aliphatic carbocycles. The fraction of sp³-hybridized carbons (Fsp3) is 0.0400. The van der Waals surface area contributed by atoms with E-state index in [2.05, 4.69) is 26.5 Å². The molecule has 0 aliphatic rings. The molecular weight excluding hydrogens is 454 g/mol. The highest BCUT2D eigenvalue weighted by Gasteiger charge is 2.11. The van der Waals surface area contributed by atoms with Crippen molar-refractivity contribution in [3.63, 3.8) is 0 Å². The fourth-order valence-corrected chi connectivity index (χ4v) is 3.47. The van der Waals surface area contributed by atoms with Crippen LogP contribution in [0.4, 0.5) is 0 Å². The molecule has 4 aromatic rings. The summed E-state index contributed by atoms with van der Waals surface area (Å²) in [5.41, 5.74) is 5.76. The van der Waals surface area contributed by atoms with Crippen LogP contribution in [0.5, 0.6) is 5.75 Å². The SMILES string of the molecule is O=C(N/N=C\c1cc(Br)ccc1OCc1ccccc1)c1ccccc1-n1cccc1. The molecule has 0 unspecified atom stereocenters. The largest absolute Gasteiger partial charge is 0.488 e. The van der Waals surface area contributed by atoms with Crippen LogP contribution in [0.3, 0.4) is 0 Å². The Hall–Kier alpha value is -3.64. The van der Waals surface area contributed by atoms with Crippen molar-refractivity contribution in [3.05, 3.63) is 118 Å². The number of hydrogen-bond donors (Lipinski definition) is 1. The number of amides is 1. The fourth-order valence-electron chi connectivity index (χ4n) is 3.09. The minimum atomic E-state index is -0.290. The number of halogens is 1. The van der Waals surface area contributed by atoms with Crippen molar-refractivity contribution in [1.82, 2.24) is 9.99 Å². The predicted octanol–water partition coefficient (Wildman–Crippen LogP) is 5.58. The zero-order valence-electron chi connectivity index (χ0n) is 16.6. The second-order valence-electron chi connectivity index (χ2n) is 6.76. The van der Waals surface area contributed by atoms with E-state index in [9.17, 15) is 4.79 Å². The van der Waals surface area contributed by atoms with Crippen molar-refractivity contribution in [2.24, 2.45) is 5.10 Å². The van der Waals surface area contributed by atoms with Gasteiger partial charge in [0.05, 0.1) is 17.5 Å². The maximum Gasteiger partial charge on any atom is 0.273 e. The van der Waals surface area contributed by atoms with E-state index >= 15 is 0 Å². The van der Waals surface area contributed by atoms with Crippen molar-refractivity contribution in [2.45, 2.75) is 6.61 Å². The number of benzene rings is 3. The molecule has 0 bridgehead atoms. The smallest absolute Gasteiger partial charge is 0.273 e. The molecule has 1 aromatic heterocycles. The summed E-state index contributed by atoms with van der Waals surface area (Å²) in [7, 11) is 0. The van der Waals surface area contributed by atoms with Gasteiger partial charge in [-0.3, -0.25) is 4.79 Å². The van der Waals surface area contributed by atoms with E-state index < -0.39 is 0 Å². The van der Waals surface area contributed by atoms with Gasteiger partial charge in [0.2, 0.25) is 0 Å². The molecule has 0 radical (unpaired) electrons. The van der Waals surface area contributed by atoms with Gasteiger partial charge in [-0.1, -0.05) is 58.4 Å². The molecule has 4 rings (SSSR count). The molecule has 5 nitrogen and oxygen atoms in total. The normalized spacial score (nSPS) is 10.9. The third kappa shape index (κ3) is 5.29. The summed E-state index contributed by atoms with van der Waals surface area (Å²) in [6.45, 7) is 0.444. The number of hydrogen-bond acceptors (Lipinski definition) is 3. The standard InChI is InChI=1S/C25H20BrN3O2/c26-21-12-13-24(31-18-19-8-2-1-3-9-19)20(16-21)17-27-28-25(30)22-10-4-5-11-23(22)29-14-6-7-15-29/h1-17H,18H2,(H,28,30)/b27-17-. The van der Waals surface area contributed by atoms with E-state index in [4.69, 9.17) is 4.74 Å². The Morgan fingerprint density at radius 1 is 0.968 bits per heavy atom. The average Bonchev–Trinajstić information content (AvgIpc) is 3.34. The van der Waals surface area contributed by atoms with E-state index in [-0.39, 0.29) is 5.91 Å². The minimum absolute atomic E-state index is 0.290. The van der Waals surface area contributed by atoms with Crippen LogP contribution in [-0.4, -0.2) is 16.7 Å². The van der Waals surface area contributed by atoms with Crippen LogP contribution in [0.25, 0.3) is 5.69 Å². The molecule has 0 saturated heterocycles. The molecule has 0 fully saturated rings. The molecule has 0 spiro atoms.